The van der Waals surface area contributed by atoms with E-state index in [-0.39, 0.29) is 6.54 Å². The highest BCUT2D eigenvalue weighted by molar-refractivity contribution is 4.97. The fraction of sp³-hybridized carbons (Fsp3) is 0.700. The van der Waals surface area contributed by atoms with E-state index in [9.17, 15) is 13.2 Å². The molecule has 0 radical (unpaired) electrons. The van der Waals surface area contributed by atoms with Gasteiger partial charge in [0.1, 0.15) is 0 Å². The maximum Gasteiger partial charge on any atom is 0.522 e. The van der Waals surface area contributed by atoms with Crippen LogP contribution in [-0.2, 0) is 17.8 Å². The lowest BCUT2D eigenvalue weighted by atomic mass is 10.4. The first kappa shape index (κ1) is 12.4. The molecule has 2 rings (SSSR count). The van der Waals surface area contributed by atoms with Crippen LogP contribution in [-0.4, -0.2) is 28.6 Å². The second kappa shape index (κ2) is 5.05. The van der Waals surface area contributed by atoms with Crippen molar-refractivity contribution in [3.8, 4) is 0 Å². The summed E-state index contributed by atoms with van der Waals surface area (Å²) in [4.78, 5) is 4.09. The topological polar surface area (TPSA) is 39.1 Å². The number of hydrogen-bond acceptors (Lipinski definition) is 3. The van der Waals surface area contributed by atoms with Crippen molar-refractivity contribution in [3.05, 3.63) is 18.2 Å². The summed E-state index contributed by atoms with van der Waals surface area (Å²) >= 11 is 0. The van der Waals surface area contributed by atoms with Gasteiger partial charge in [-0.1, -0.05) is 0 Å². The van der Waals surface area contributed by atoms with Crippen molar-refractivity contribution in [2.45, 2.75) is 38.3 Å². The van der Waals surface area contributed by atoms with E-state index in [4.69, 9.17) is 0 Å². The van der Waals surface area contributed by atoms with Gasteiger partial charge >= 0.3 is 6.36 Å². The molecule has 17 heavy (non-hydrogen) atoms. The van der Waals surface area contributed by atoms with Gasteiger partial charge in [-0.3, -0.25) is 4.74 Å². The van der Waals surface area contributed by atoms with Gasteiger partial charge in [0.25, 0.3) is 0 Å². The number of rotatable bonds is 6. The van der Waals surface area contributed by atoms with Gasteiger partial charge < -0.3 is 9.88 Å². The fourth-order valence-electron chi connectivity index (χ4n) is 1.42. The van der Waals surface area contributed by atoms with Crippen LogP contribution in [0.3, 0.4) is 0 Å². The van der Waals surface area contributed by atoms with Gasteiger partial charge in [0, 0.05) is 25.3 Å². The Kier molecular flexibility index (Phi) is 3.68. The molecular weight excluding hydrogens is 235 g/mol. The van der Waals surface area contributed by atoms with Gasteiger partial charge in [0.15, 0.2) is 0 Å². The Morgan fingerprint density at radius 3 is 2.88 bits per heavy atom. The van der Waals surface area contributed by atoms with Gasteiger partial charge in [0.05, 0.1) is 18.6 Å². The van der Waals surface area contributed by atoms with E-state index in [1.165, 1.54) is 19.2 Å². The lowest BCUT2D eigenvalue weighted by Gasteiger charge is -2.07. The summed E-state index contributed by atoms with van der Waals surface area (Å²) in [5, 5.41) is 3.28. The minimum atomic E-state index is -4.56. The van der Waals surface area contributed by atoms with Crippen molar-refractivity contribution >= 4 is 0 Å². The summed E-state index contributed by atoms with van der Waals surface area (Å²) in [5.41, 5.74) is 0.837. The number of alkyl halides is 3. The van der Waals surface area contributed by atoms with Gasteiger partial charge in [-0.05, 0) is 12.8 Å². The minimum Gasteiger partial charge on any atom is -0.335 e. The predicted octanol–water partition coefficient (Wildman–Crippen LogP) is 1.67. The molecule has 4 nitrogen and oxygen atoms in total. The molecule has 0 aliphatic heterocycles. The number of ether oxygens (including phenoxy) is 1. The maximum absolute atomic E-state index is 11.7. The first-order chi connectivity index (χ1) is 8.03. The zero-order valence-corrected chi connectivity index (χ0v) is 9.20. The van der Waals surface area contributed by atoms with Crippen LogP contribution in [0.1, 0.15) is 18.5 Å². The van der Waals surface area contributed by atoms with Gasteiger partial charge in [0.2, 0.25) is 0 Å². The Morgan fingerprint density at radius 2 is 2.24 bits per heavy atom. The molecule has 0 saturated heterocycles. The van der Waals surface area contributed by atoms with E-state index in [0.29, 0.717) is 12.6 Å². The summed E-state index contributed by atoms with van der Waals surface area (Å²) in [6.07, 6.45) is 1.08. The minimum absolute atomic E-state index is 0.149. The van der Waals surface area contributed by atoms with Crippen molar-refractivity contribution in [2.24, 2.45) is 0 Å². The van der Waals surface area contributed by atoms with Crippen molar-refractivity contribution in [2.75, 3.05) is 6.61 Å². The molecule has 96 valence electrons. The fourth-order valence-corrected chi connectivity index (χ4v) is 1.42. The molecule has 1 fully saturated rings. The third kappa shape index (κ3) is 4.74. The summed E-state index contributed by atoms with van der Waals surface area (Å²) in [6.45, 7) is 0.420. The van der Waals surface area contributed by atoms with Crippen LogP contribution >= 0.6 is 0 Å². The molecule has 1 aliphatic rings. The number of nitrogens with one attached hydrogen (secondary N) is 1. The Hall–Kier alpha value is -1.08. The quantitative estimate of drug-likeness (QED) is 0.833. The number of nitrogens with zero attached hydrogens (tertiary/aromatic N) is 2. The summed E-state index contributed by atoms with van der Waals surface area (Å²) < 4.78 is 40.4. The molecule has 0 bridgehead atoms. The lowest BCUT2D eigenvalue weighted by molar-refractivity contribution is -0.325. The normalized spacial score (nSPS) is 16.4. The Balaban J connectivity index is 1.69. The van der Waals surface area contributed by atoms with Crippen LogP contribution < -0.4 is 5.32 Å². The molecule has 0 unspecified atom stereocenters. The molecule has 0 aromatic carbocycles. The standard InChI is InChI=1S/C10H14F3N3O/c11-10(12,13)17-4-3-16-6-9(15-7-16)5-14-8-1-2-8/h6-8,14H,1-5H2. The molecule has 0 spiro atoms. The van der Waals surface area contributed by atoms with E-state index in [2.05, 4.69) is 15.0 Å². The van der Waals surface area contributed by atoms with Crippen LogP contribution in [0.25, 0.3) is 0 Å². The van der Waals surface area contributed by atoms with Crippen LogP contribution in [0.4, 0.5) is 13.2 Å². The van der Waals surface area contributed by atoms with E-state index in [1.807, 2.05) is 0 Å². The molecule has 1 aliphatic carbocycles. The largest absolute Gasteiger partial charge is 0.522 e. The molecule has 1 aromatic heterocycles. The first-order valence-corrected chi connectivity index (χ1v) is 5.48. The zero-order chi connectivity index (χ0) is 12.3. The molecule has 0 atom stereocenters. The predicted molar refractivity (Wildman–Crippen MR) is 54.1 cm³/mol. The van der Waals surface area contributed by atoms with E-state index < -0.39 is 13.0 Å². The summed E-state index contributed by atoms with van der Waals surface area (Å²) in [5.74, 6) is 0. The van der Waals surface area contributed by atoms with Crippen LogP contribution in [0.2, 0.25) is 0 Å². The van der Waals surface area contributed by atoms with Crippen LogP contribution in [0.5, 0.6) is 0 Å². The highest BCUT2D eigenvalue weighted by Gasteiger charge is 2.28. The average molecular weight is 249 g/mol. The number of halogens is 3. The Bertz CT molecular complexity index is 360. The van der Waals surface area contributed by atoms with Crippen molar-refractivity contribution < 1.29 is 17.9 Å². The van der Waals surface area contributed by atoms with Crippen molar-refractivity contribution in [1.29, 1.82) is 0 Å². The van der Waals surface area contributed by atoms with E-state index >= 15 is 0 Å². The number of aromatic nitrogens is 2. The molecule has 1 N–H and O–H groups in total. The molecule has 1 saturated carbocycles. The maximum atomic E-state index is 11.7. The molecular formula is C10H14F3N3O. The van der Waals surface area contributed by atoms with Gasteiger partial charge in [-0.2, -0.15) is 0 Å². The average Bonchev–Trinajstić information content (AvgIpc) is 2.95. The third-order valence-electron chi connectivity index (χ3n) is 2.45. The highest BCUT2D eigenvalue weighted by atomic mass is 19.4. The van der Waals surface area contributed by atoms with Gasteiger partial charge in [-0.25, -0.2) is 4.98 Å². The number of hydrogen-bond donors (Lipinski definition) is 1. The van der Waals surface area contributed by atoms with Crippen LogP contribution in [0.15, 0.2) is 12.5 Å². The SMILES string of the molecule is FC(F)(F)OCCn1cnc(CNC2CC2)c1. The highest BCUT2D eigenvalue weighted by Crippen LogP contribution is 2.19. The second-order valence-corrected chi connectivity index (χ2v) is 4.05. The summed E-state index contributed by atoms with van der Waals surface area (Å²) in [7, 11) is 0. The Morgan fingerprint density at radius 1 is 1.47 bits per heavy atom. The molecule has 7 heteroatoms. The molecule has 1 heterocycles. The van der Waals surface area contributed by atoms with Crippen molar-refractivity contribution in [3.63, 3.8) is 0 Å². The van der Waals surface area contributed by atoms with Gasteiger partial charge in [-0.15, -0.1) is 13.2 Å². The zero-order valence-electron chi connectivity index (χ0n) is 9.20. The first-order valence-electron chi connectivity index (χ1n) is 5.48. The molecule has 0 amide bonds. The van der Waals surface area contributed by atoms with E-state index in [0.717, 1.165) is 5.69 Å². The summed E-state index contributed by atoms with van der Waals surface area (Å²) in [6, 6.07) is 0.591. The van der Waals surface area contributed by atoms with Crippen molar-refractivity contribution in [1.82, 2.24) is 14.9 Å². The lowest BCUT2D eigenvalue weighted by Crippen LogP contribution is -2.17. The monoisotopic (exact) mass is 249 g/mol. The Labute approximate surface area is 96.8 Å². The third-order valence-corrected chi connectivity index (χ3v) is 2.45. The van der Waals surface area contributed by atoms with Crippen LogP contribution in [0, 0.1) is 0 Å². The number of imidazole rings is 1. The second-order valence-electron chi connectivity index (χ2n) is 4.05. The van der Waals surface area contributed by atoms with E-state index in [1.54, 1.807) is 10.8 Å². The molecule has 1 aromatic rings. The smallest absolute Gasteiger partial charge is 0.335 e.